The summed E-state index contributed by atoms with van der Waals surface area (Å²) in [6.45, 7) is 8.29. The monoisotopic (exact) mass is 330 g/mol. The molecule has 6 nitrogen and oxygen atoms in total. The van der Waals surface area contributed by atoms with E-state index in [0.29, 0.717) is 18.8 Å². The maximum atomic E-state index is 11.9. The summed E-state index contributed by atoms with van der Waals surface area (Å²) in [5.74, 6) is 0.678. The second-order valence-corrected chi connectivity index (χ2v) is 6.40. The third kappa shape index (κ3) is 4.83. The summed E-state index contributed by atoms with van der Waals surface area (Å²) in [5.41, 5.74) is 3.07. The first-order chi connectivity index (χ1) is 11.4. The minimum absolute atomic E-state index is 0.183. The predicted octanol–water partition coefficient (Wildman–Crippen LogP) is 3.02. The van der Waals surface area contributed by atoms with E-state index in [0.717, 1.165) is 11.4 Å². The molecule has 2 rings (SSSR count). The molecule has 130 valence electrons. The van der Waals surface area contributed by atoms with Crippen molar-refractivity contribution in [1.82, 2.24) is 15.1 Å². The zero-order valence-electron chi connectivity index (χ0n) is 14.7. The Kier molecular flexibility index (Phi) is 5.98. The third-order valence-electron chi connectivity index (χ3n) is 3.90. The van der Waals surface area contributed by atoms with Gasteiger partial charge in [0.05, 0.1) is 11.8 Å². The van der Waals surface area contributed by atoms with E-state index < -0.39 is 6.10 Å². The third-order valence-corrected chi connectivity index (χ3v) is 3.90. The molecule has 0 aliphatic heterocycles. The molecule has 1 aromatic carbocycles. The summed E-state index contributed by atoms with van der Waals surface area (Å²) < 4.78 is 1.79. The maximum Gasteiger partial charge on any atom is 0.320 e. The van der Waals surface area contributed by atoms with Gasteiger partial charge in [0.15, 0.2) is 5.82 Å². The van der Waals surface area contributed by atoms with Gasteiger partial charge >= 0.3 is 6.03 Å². The summed E-state index contributed by atoms with van der Waals surface area (Å²) in [5, 5.41) is 19.6. The van der Waals surface area contributed by atoms with Gasteiger partial charge in [-0.3, -0.25) is 5.32 Å². The van der Waals surface area contributed by atoms with Crippen LogP contribution in [-0.2, 0) is 0 Å². The number of hydrogen-bond donors (Lipinski definition) is 3. The van der Waals surface area contributed by atoms with Crippen molar-refractivity contribution in [2.75, 3.05) is 11.9 Å². The molecule has 0 saturated carbocycles. The molecule has 2 aromatic rings. The molecular formula is C18H26N4O2. The number of aryl methyl sites for hydroxylation is 2. The number of nitrogens with zero attached hydrogens (tertiary/aromatic N) is 2. The minimum atomic E-state index is -0.409. The molecule has 1 aromatic heterocycles. The van der Waals surface area contributed by atoms with Crippen LogP contribution in [0.15, 0.2) is 30.3 Å². The largest absolute Gasteiger partial charge is 0.393 e. The van der Waals surface area contributed by atoms with E-state index in [1.807, 2.05) is 58.0 Å². The number of carbonyl (C=O) groups excluding carboxylic acids is 1. The lowest BCUT2D eigenvalue weighted by atomic mass is 10.0. The molecule has 0 aliphatic rings. The Morgan fingerprint density at radius 3 is 2.54 bits per heavy atom. The number of benzene rings is 1. The number of aromatic nitrogens is 2. The number of aliphatic hydroxyl groups excluding tert-OH is 1. The van der Waals surface area contributed by atoms with Crippen LogP contribution >= 0.6 is 0 Å². The van der Waals surface area contributed by atoms with E-state index in [4.69, 9.17) is 0 Å². The lowest BCUT2D eigenvalue weighted by Gasteiger charge is -2.14. The first-order valence-electron chi connectivity index (χ1n) is 8.23. The lowest BCUT2D eigenvalue weighted by Crippen LogP contribution is -2.32. The second-order valence-electron chi connectivity index (χ2n) is 6.40. The zero-order chi connectivity index (χ0) is 17.7. The van der Waals surface area contributed by atoms with E-state index >= 15 is 0 Å². The number of anilines is 1. The van der Waals surface area contributed by atoms with Gasteiger partial charge in [0.2, 0.25) is 0 Å². The maximum absolute atomic E-state index is 11.9. The average molecular weight is 330 g/mol. The van der Waals surface area contributed by atoms with E-state index in [2.05, 4.69) is 15.7 Å². The minimum Gasteiger partial charge on any atom is -0.393 e. The first-order valence-corrected chi connectivity index (χ1v) is 8.23. The molecule has 1 atom stereocenters. The molecule has 6 heteroatoms. The van der Waals surface area contributed by atoms with Gasteiger partial charge in [-0.05, 0) is 38.3 Å². The molecule has 0 aliphatic carbocycles. The Hall–Kier alpha value is -2.34. The van der Waals surface area contributed by atoms with Crippen molar-refractivity contribution in [1.29, 1.82) is 0 Å². The van der Waals surface area contributed by atoms with Crippen molar-refractivity contribution in [3.8, 4) is 5.69 Å². The first kappa shape index (κ1) is 18.0. The number of hydrogen-bond acceptors (Lipinski definition) is 3. The number of carbonyl (C=O) groups is 1. The molecule has 1 unspecified atom stereocenters. The zero-order valence-corrected chi connectivity index (χ0v) is 14.7. The summed E-state index contributed by atoms with van der Waals surface area (Å²) in [6, 6.07) is 9.54. The number of amides is 2. The van der Waals surface area contributed by atoms with Crippen molar-refractivity contribution in [3.63, 3.8) is 0 Å². The highest BCUT2D eigenvalue weighted by molar-refractivity contribution is 5.88. The van der Waals surface area contributed by atoms with Gasteiger partial charge in [-0.25, -0.2) is 9.48 Å². The second kappa shape index (κ2) is 7.97. The van der Waals surface area contributed by atoms with E-state index in [1.54, 1.807) is 4.68 Å². The number of urea groups is 1. The van der Waals surface area contributed by atoms with Crippen molar-refractivity contribution >= 4 is 11.8 Å². The van der Waals surface area contributed by atoms with Gasteiger partial charge in [0.25, 0.3) is 0 Å². The Balaban J connectivity index is 1.92. The quantitative estimate of drug-likeness (QED) is 0.762. The van der Waals surface area contributed by atoms with Crippen LogP contribution in [0, 0.1) is 19.8 Å². The fourth-order valence-electron chi connectivity index (χ4n) is 2.31. The molecule has 0 fully saturated rings. The topological polar surface area (TPSA) is 79.2 Å². The van der Waals surface area contributed by atoms with Gasteiger partial charge < -0.3 is 10.4 Å². The van der Waals surface area contributed by atoms with Crippen LogP contribution < -0.4 is 10.6 Å². The van der Waals surface area contributed by atoms with E-state index in [-0.39, 0.29) is 11.9 Å². The highest BCUT2D eigenvalue weighted by atomic mass is 16.3. The van der Waals surface area contributed by atoms with E-state index in [1.165, 1.54) is 5.56 Å². The summed E-state index contributed by atoms with van der Waals surface area (Å²) in [4.78, 5) is 11.9. The van der Waals surface area contributed by atoms with Crippen LogP contribution in [0.5, 0.6) is 0 Å². The van der Waals surface area contributed by atoms with Crippen LogP contribution in [0.3, 0.4) is 0 Å². The van der Waals surface area contributed by atoms with Gasteiger partial charge in [-0.15, -0.1) is 5.10 Å². The summed E-state index contributed by atoms with van der Waals surface area (Å²) in [6.07, 6.45) is 0.121. The van der Waals surface area contributed by atoms with Gasteiger partial charge in [0.1, 0.15) is 0 Å². The average Bonchev–Trinajstić information content (AvgIpc) is 2.88. The number of aliphatic hydroxyl groups is 1. The molecule has 0 bridgehead atoms. The molecule has 0 spiro atoms. The normalized spacial score (nSPS) is 12.2. The fourth-order valence-corrected chi connectivity index (χ4v) is 2.31. The van der Waals surface area contributed by atoms with Crippen LogP contribution in [0.1, 0.15) is 31.5 Å². The Morgan fingerprint density at radius 1 is 1.25 bits per heavy atom. The van der Waals surface area contributed by atoms with Crippen LogP contribution in [0.2, 0.25) is 0 Å². The standard InChI is InChI=1S/C18H26N4O2/c1-12(2)16(23)9-10-19-18(24)20-17-11-14(4)22(21-17)15-7-5-13(3)6-8-15/h5-8,11-12,16,23H,9-10H2,1-4H3,(H2,19,20,21,24). The number of rotatable bonds is 6. The molecular weight excluding hydrogens is 304 g/mol. The van der Waals surface area contributed by atoms with Crippen molar-refractivity contribution in [3.05, 3.63) is 41.6 Å². The van der Waals surface area contributed by atoms with E-state index in [9.17, 15) is 9.90 Å². The Labute approximate surface area is 142 Å². The van der Waals surface area contributed by atoms with Crippen molar-refractivity contribution in [2.24, 2.45) is 5.92 Å². The van der Waals surface area contributed by atoms with Crippen LogP contribution in [0.4, 0.5) is 10.6 Å². The molecule has 0 saturated heterocycles. The molecule has 0 radical (unpaired) electrons. The van der Waals surface area contributed by atoms with Crippen molar-refractivity contribution < 1.29 is 9.90 Å². The molecule has 3 N–H and O–H groups in total. The molecule has 1 heterocycles. The SMILES string of the molecule is Cc1ccc(-n2nc(NC(=O)NCCC(O)C(C)C)cc2C)cc1. The predicted molar refractivity (Wildman–Crippen MR) is 95.5 cm³/mol. The highest BCUT2D eigenvalue weighted by Gasteiger charge is 2.11. The Morgan fingerprint density at radius 2 is 1.92 bits per heavy atom. The summed E-state index contributed by atoms with van der Waals surface area (Å²) >= 11 is 0. The Bertz CT molecular complexity index is 677. The lowest BCUT2D eigenvalue weighted by molar-refractivity contribution is 0.117. The fraction of sp³-hybridized carbons (Fsp3) is 0.444. The smallest absolute Gasteiger partial charge is 0.320 e. The van der Waals surface area contributed by atoms with Gasteiger partial charge in [-0.1, -0.05) is 31.5 Å². The van der Waals surface area contributed by atoms with Crippen LogP contribution in [-0.4, -0.2) is 33.6 Å². The van der Waals surface area contributed by atoms with Gasteiger partial charge in [0, 0.05) is 18.3 Å². The van der Waals surface area contributed by atoms with Crippen LogP contribution in [0.25, 0.3) is 5.69 Å². The molecule has 24 heavy (non-hydrogen) atoms. The van der Waals surface area contributed by atoms with Crippen molar-refractivity contribution in [2.45, 2.75) is 40.2 Å². The van der Waals surface area contributed by atoms with Gasteiger partial charge in [-0.2, -0.15) is 0 Å². The number of nitrogens with one attached hydrogen (secondary N) is 2. The highest BCUT2D eigenvalue weighted by Crippen LogP contribution is 2.15. The molecule has 2 amide bonds. The summed E-state index contributed by atoms with van der Waals surface area (Å²) in [7, 11) is 0.